The SMILES string of the molecule is CN(C)c1ccc(N=Nc2ccccn2)cc1.Cc1ccc(C(C)C)cc1.F[P-](F)(F)(F)(F)F.[I-].[Ru+2]. The fourth-order valence-electron chi connectivity index (χ4n) is 2.29. The predicted molar refractivity (Wildman–Crippen MR) is 128 cm³/mol. The molecule has 0 atom stereocenters. The fourth-order valence-corrected chi connectivity index (χ4v) is 2.29. The third kappa shape index (κ3) is 20.5. The van der Waals surface area contributed by atoms with Gasteiger partial charge in [-0.3, -0.25) is 0 Å². The van der Waals surface area contributed by atoms with Gasteiger partial charge in [0.15, 0.2) is 5.82 Å². The Morgan fingerprint density at radius 3 is 1.67 bits per heavy atom. The summed E-state index contributed by atoms with van der Waals surface area (Å²) in [7, 11) is -6.65. The zero-order valence-corrected chi connectivity index (χ0v) is 25.0. The Bertz CT molecular complexity index is 1040. The molecule has 0 spiro atoms. The molecule has 3 aromatic rings. The molecule has 0 saturated heterocycles. The molecule has 0 aliphatic rings. The number of benzene rings is 2. The van der Waals surface area contributed by atoms with E-state index in [1.54, 1.807) is 6.20 Å². The van der Waals surface area contributed by atoms with Crippen LogP contribution in [0.5, 0.6) is 0 Å². The minimum atomic E-state index is -10.7. The Morgan fingerprint density at radius 2 is 1.28 bits per heavy atom. The summed E-state index contributed by atoms with van der Waals surface area (Å²) >= 11 is 0. The van der Waals surface area contributed by atoms with Crippen molar-refractivity contribution < 1.29 is 68.6 Å². The maximum Gasteiger partial charge on any atom is 2.00 e. The van der Waals surface area contributed by atoms with E-state index in [0.717, 1.165) is 11.4 Å². The molecule has 0 N–H and O–H groups in total. The number of rotatable bonds is 4. The number of nitrogens with zero attached hydrogens (tertiary/aromatic N) is 4. The van der Waals surface area contributed by atoms with Crippen LogP contribution in [0.2, 0.25) is 0 Å². The smallest absolute Gasteiger partial charge is 1.00 e. The summed E-state index contributed by atoms with van der Waals surface area (Å²) in [4.78, 5) is 6.11. The van der Waals surface area contributed by atoms with Crippen molar-refractivity contribution in [2.75, 3.05) is 19.0 Å². The van der Waals surface area contributed by atoms with E-state index < -0.39 is 7.81 Å². The monoisotopic (exact) mass is 734 g/mol. The van der Waals surface area contributed by atoms with E-state index in [9.17, 15) is 25.2 Å². The Hall–Kier alpha value is -1.65. The third-order valence-corrected chi connectivity index (χ3v) is 4.03. The van der Waals surface area contributed by atoms with Gasteiger partial charge in [0.05, 0.1) is 5.69 Å². The average molecular weight is 733 g/mol. The molecule has 0 unspecified atom stereocenters. The average Bonchev–Trinajstić information content (AvgIpc) is 2.72. The molecule has 0 saturated carbocycles. The molecule has 13 heteroatoms. The molecule has 2 aromatic carbocycles. The molecule has 202 valence electrons. The molecule has 0 fully saturated rings. The number of anilines is 1. The van der Waals surface area contributed by atoms with Crippen molar-refractivity contribution in [1.29, 1.82) is 0 Å². The summed E-state index contributed by atoms with van der Waals surface area (Å²) in [6, 6.07) is 22.1. The van der Waals surface area contributed by atoms with Crippen LogP contribution < -0.4 is 28.9 Å². The second kappa shape index (κ2) is 14.3. The first-order chi connectivity index (χ1) is 15.4. The zero-order valence-electron chi connectivity index (χ0n) is 20.2. The number of aromatic nitrogens is 1. The summed E-state index contributed by atoms with van der Waals surface area (Å²) in [5.74, 6) is 1.27. The summed E-state index contributed by atoms with van der Waals surface area (Å²) in [5, 5.41) is 8.17. The summed E-state index contributed by atoms with van der Waals surface area (Å²) in [5.41, 5.74) is 4.72. The van der Waals surface area contributed by atoms with Gasteiger partial charge >= 0.3 is 52.5 Å². The van der Waals surface area contributed by atoms with Gasteiger partial charge in [-0.15, -0.1) is 10.2 Å². The minimum Gasteiger partial charge on any atom is -1.00 e. The largest absolute Gasteiger partial charge is 2.00 e. The van der Waals surface area contributed by atoms with Crippen LogP contribution in [-0.4, -0.2) is 19.1 Å². The van der Waals surface area contributed by atoms with E-state index in [4.69, 9.17) is 0 Å². The van der Waals surface area contributed by atoms with Crippen molar-refractivity contribution in [1.82, 2.24) is 4.98 Å². The van der Waals surface area contributed by atoms with Crippen LogP contribution in [0.1, 0.15) is 30.9 Å². The Kier molecular flexibility index (Phi) is 14.5. The molecule has 0 amide bonds. The van der Waals surface area contributed by atoms with Crippen molar-refractivity contribution in [3.63, 3.8) is 0 Å². The number of hydrogen-bond donors (Lipinski definition) is 0. The quantitative estimate of drug-likeness (QED) is 0.0948. The molecule has 0 aliphatic carbocycles. The van der Waals surface area contributed by atoms with E-state index in [2.05, 4.69) is 60.2 Å². The molecule has 3 rings (SSSR count). The molecule has 0 radical (unpaired) electrons. The van der Waals surface area contributed by atoms with E-state index >= 15 is 0 Å². The van der Waals surface area contributed by atoms with Crippen molar-refractivity contribution in [3.8, 4) is 0 Å². The van der Waals surface area contributed by atoms with Crippen molar-refractivity contribution in [3.05, 3.63) is 84.1 Å². The fraction of sp³-hybridized carbons (Fsp3) is 0.261. The first kappa shape index (κ1) is 36.5. The maximum absolute atomic E-state index is 10.7. The molecule has 1 heterocycles. The van der Waals surface area contributed by atoms with Gasteiger partial charge in [0, 0.05) is 26.0 Å². The van der Waals surface area contributed by atoms with Crippen molar-refractivity contribution in [2.45, 2.75) is 26.7 Å². The van der Waals surface area contributed by atoms with E-state index in [0.29, 0.717) is 11.7 Å². The first-order valence-corrected chi connectivity index (χ1v) is 12.2. The number of pyridine rings is 1. The Balaban J connectivity index is 0. The molecular weight excluding hydrogens is 705 g/mol. The number of azo groups is 1. The van der Waals surface area contributed by atoms with Crippen molar-refractivity contribution >= 4 is 25.0 Å². The van der Waals surface area contributed by atoms with Gasteiger partial charge < -0.3 is 28.9 Å². The van der Waals surface area contributed by atoms with Gasteiger partial charge in [0.2, 0.25) is 0 Å². The van der Waals surface area contributed by atoms with E-state index in [1.165, 1.54) is 11.1 Å². The molecule has 4 nitrogen and oxygen atoms in total. The van der Waals surface area contributed by atoms with Crippen LogP contribution in [0.3, 0.4) is 0 Å². The number of hydrogen-bond acceptors (Lipinski definition) is 4. The maximum atomic E-state index is 9.87. The standard InChI is InChI=1S/C13H14N4.C10H14.F6P.HI.Ru/c1-17(2)12-8-6-11(7-9-12)15-16-13-5-3-4-10-14-13;1-8(2)10-6-4-9(3)5-7-10;1-7(2,3,4,5)6;;/h3-10H,1-2H3;4-8H,1-3H3;;1H;/q;;-1;;+2/p-1. The second-order valence-corrected chi connectivity index (χ2v) is 9.74. The van der Waals surface area contributed by atoms with Crippen LogP contribution >= 0.6 is 7.81 Å². The van der Waals surface area contributed by atoms with Crippen LogP contribution in [0, 0.1) is 6.92 Å². The van der Waals surface area contributed by atoms with Gasteiger partial charge in [-0.25, -0.2) is 4.98 Å². The van der Waals surface area contributed by atoms with Gasteiger partial charge in [-0.2, -0.15) is 0 Å². The second-order valence-electron chi connectivity index (χ2n) is 7.82. The summed E-state index contributed by atoms with van der Waals surface area (Å²) in [6.45, 7) is 6.54. The molecule has 0 aliphatic heterocycles. The van der Waals surface area contributed by atoms with Crippen LogP contribution in [0.4, 0.5) is 42.4 Å². The molecular formula is C23H28F6IN4PRu. The zero-order chi connectivity index (χ0) is 26.1. The number of halogens is 7. The first-order valence-electron chi connectivity index (χ1n) is 10.1. The van der Waals surface area contributed by atoms with E-state index in [-0.39, 0.29) is 43.5 Å². The number of aryl methyl sites for hydroxylation is 1. The predicted octanol–water partition coefficient (Wildman–Crippen LogP) is 7.07. The van der Waals surface area contributed by atoms with E-state index in [1.807, 2.05) is 61.5 Å². The molecule has 0 bridgehead atoms. The van der Waals surface area contributed by atoms with Crippen molar-refractivity contribution in [2.24, 2.45) is 10.2 Å². The van der Waals surface area contributed by atoms with Gasteiger partial charge in [-0.1, -0.05) is 49.7 Å². The van der Waals surface area contributed by atoms with Gasteiger partial charge in [0.1, 0.15) is 0 Å². The van der Waals surface area contributed by atoms with Crippen LogP contribution in [0.25, 0.3) is 0 Å². The minimum absolute atomic E-state index is 0. The third-order valence-electron chi connectivity index (χ3n) is 4.03. The Morgan fingerprint density at radius 1 is 0.778 bits per heavy atom. The summed E-state index contributed by atoms with van der Waals surface area (Å²) < 4.78 is 59.2. The Labute approximate surface area is 237 Å². The van der Waals surface area contributed by atoms with Gasteiger partial charge in [-0.05, 0) is 54.8 Å². The topological polar surface area (TPSA) is 40.9 Å². The van der Waals surface area contributed by atoms with Gasteiger partial charge in [0.25, 0.3) is 0 Å². The molecule has 1 aromatic heterocycles. The summed E-state index contributed by atoms with van der Waals surface area (Å²) in [6.07, 6.45) is 1.70. The normalized spacial score (nSPS) is 12.4. The molecule has 36 heavy (non-hydrogen) atoms. The van der Waals surface area contributed by atoms with Crippen LogP contribution in [0.15, 0.2) is 83.2 Å². The van der Waals surface area contributed by atoms with Crippen LogP contribution in [-0.2, 0) is 19.5 Å².